The number of nitrogens with two attached hydrogens (primary N) is 4. The van der Waals surface area contributed by atoms with E-state index < -0.39 is 59.8 Å². The second-order valence-electron chi connectivity index (χ2n) is 11.0. The molecule has 0 aliphatic rings. The van der Waals surface area contributed by atoms with E-state index in [1.54, 1.807) is 0 Å². The van der Waals surface area contributed by atoms with Crippen molar-refractivity contribution in [3.8, 4) is 0 Å². The van der Waals surface area contributed by atoms with E-state index in [2.05, 4.69) is 36.2 Å². The van der Waals surface area contributed by atoms with Crippen LogP contribution in [0.3, 0.4) is 0 Å². The van der Waals surface area contributed by atoms with Crippen LogP contribution >= 0.6 is 0 Å². The summed E-state index contributed by atoms with van der Waals surface area (Å²) in [4.78, 5) is 74.9. The Hall–Kier alpha value is -4.25. The Morgan fingerprint density at radius 1 is 0.864 bits per heavy atom. The van der Waals surface area contributed by atoms with Crippen molar-refractivity contribution in [1.82, 2.24) is 31.2 Å². The van der Waals surface area contributed by atoms with Crippen LogP contribution in [0.4, 0.5) is 0 Å². The zero-order valence-corrected chi connectivity index (χ0v) is 25.7. The third kappa shape index (κ3) is 14.8. The van der Waals surface area contributed by atoms with Gasteiger partial charge < -0.3 is 54.3 Å². The lowest BCUT2D eigenvalue weighted by Gasteiger charge is -2.27. The normalized spacial score (nSPS) is 14.4. The summed E-state index contributed by atoms with van der Waals surface area (Å²) in [5.41, 5.74) is 22.4. The van der Waals surface area contributed by atoms with Crippen LogP contribution in [0.5, 0.6) is 0 Å². The van der Waals surface area contributed by atoms with Gasteiger partial charge in [0.25, 0.3) is 0 Å². The first-order valence-corrected chi connectivity index (χ1v) is 14.7. The molecule has 4 amide bonds. The van der Waals surface area contributed by atoms with Crippen LogP contribution in [0.25, 0.3) is 0 Å². The van der Waals surface area contributed by atoms with Gasteiger partial charge in [-0.3, -0.25) is 24.2 Å². The Bertz CT molecular complexity index is 1090. The lowest BCUT2D eigenvalue weighted by atomic mass is 10.0. The summed E-state index contributed by atoms with van der Waals surface area (Å²) in [7, 11) is 0. The zero-order chi connectivity index (χ0) is 33.2. The molecular weight excluding hydrogens is 574 g/mol. The molecule has 0 fully saturated rings. The highest BCUT2D eigenvalue weighted by Gasteiger charge is 2.32. The van der Waals surface area contributed by atoms with Gasteiger partial charge in [0.2, 0.25) is 23.6 Å². The number of hydrogen-bond acceptors (Lipinski definition) is 9. The fourth-order valence-corrected chi connectivity index (χ4v) is 4.17. The summed E-state index contributed by atoms with van der Waals surface area (Å²) in [6.07, 6.45) is 4.70. The van der Waals surface area contributed by atoms with Gasteiger partial charge in [-0.1, -0.05) is 13.8 Å². The maximum Gasteiger partial charge on any atom is 0.326 e. The number of hydrogen-bond donors (Lipinski definition) is 10. The smallest absolute Gasteiger partial charge is 0.326 e. The highest BCUT2D eigenvalue weighted by atomic mass is 16.4. The largest absolute Gasteiger partial charge is 0.480 e. The van der Waals surface area contributed by atoms with Crippen molar-refractivity contribution in [3.05, 3.63) is 18.2 Å². The molecule has 0 saturated heterocycles. The lowest BCUT2D eigenvalue weighted by molar-refractivity contribution is -0.142. The maximum atomic E-state index is 13.6. The van der Waals surface area contributed by atoms with Gasteiger partial charge in [-0.25, -0.2) is 9.78 Å². The van der Waals surface area contributed by atoms with Crippen LogP contribution in [0.2, 0.25) is 0 Å². The second kappa shape index (κ2) is 19.8. The molecule has 0 bridgehead atoms. The van der Waals surface area contributed by atoms with Crippen LogP contribution in [0.1, 0.15) is 65.0 Å². The third-order valence-electron chi connectivity index (χ3n) is 6.51. The average Bonchev–Trinajstić information content (AvgIpc) is 3.45. The van der Waals surface area contributed by atoms with Gasteiger partial charge in [-0.05, 0) is 57.9 Å². The van der Waals surface area contributed by atoms with Crippen LogP contribution < -0.4 is 44.2 Å². The minimum Gasteiger partial charge on any atom is -0.480 e. The van der Waals surface area contributed by atoms with Gasteiger partial charge in [-0.15, -0.1) is 0 Å². The van der Waals surface area contributed by atoms with Gasteiger partial charge in [0.15, 0.2) is 5.96 Å². The zero-order valence-electron chi connectivity index (χ0n) is 25.7. The molecule has 1 aromatic rings. The van der Waals surface area contributed by atoms with Crippen molar-refractivity contribution in [3.63, 3.8) is 0 Å². The molecule has 0 aliphatic carbocycles. The number of aliphatic imine (C=N–C) groups is 1. The van der Waals surface area contributed by atoms with E-state index in [0.717, 1.165) is 0 Å². The monoisotopic (exact) mass is 623 g/mol. The number of guanidine groups is 1. The molecule has 14 N–H and O–H groups in total. The van der Waals surface area contributed by atoms with Crippen LogP contribution in [0.15, 0.2) is 17.5 Å². The van der Waals surface area contributed by atoms with Gasteiger partial charge >= 0.3 is 5.97 Å². The first kappa shape index (κ1) is 37.8. The molecule has 248 valence electrons. The molecule has 0 radical (unpaired) electrons. The van der Waals surface area contributed by atoms with Gasteiger partial charge in [0.05, 0.1) is 12.4 Å². The molecule has 0 unspecified atom stereocenters. The number of H-pyrrole nitrogens is 1. The third-order valence-corrected chi connectivity index (χ3v) is 6.51. The quantitative estimate of drug-likeness (QED) is 0.0389. The summed E-state index contributed by atoms with van der Waals surface area (Å²) < 4.78 is 0. The fraction of sp³-hybridized carbons (Fsp3) is 0.667. The maximum absolute atomic E-state index is 13.6. The van der Waals surface area contributed by atoms with Crippen LogP contribution in [-0.2, 0) is 30.4 Å². The predicted molar refractivity (Wildman–Crippen MR) is 164 cm³/mol. The minimum absolute atomic E-state index is 0.0325. The number of aromatic nitrogens is 2. The number of carbonyl (C=O) groups excluding carboxylic acids is 4. The Morgan fingerprint density at radius 3 is 1.98 bits per heavy atom. The number of unbranched alkanes of at least 4 members (excludes halogenated alkanes) is 1. The van der Waals surface area contributed by atoms with Crippen molar-refractivity contribution >= 4 is 35.6 Å². The summed E-state index contributed by atoms with van der Waals surface area (Å²) in [6, 6.07) is -5.37. The first-order chi connectivity index (χ1) is 20.7. The summed E-state index contributed by atoms with van der Waals surface area (Å²) in [5, 5.41) is 20.1. The van der Waals surface area contributed by atoms with Crippen molar-refractivity contribution in [2.75, 3.05) is 13.1 Å². The Balaban J connectivity index is 3.17. The number of aromatic amines is 1. The molecule has 5 atom stereocenters. The number of nitrogens with zero attached hydrogens (tertiary/aromatic N) is 2. The molecule has 0 aliphatic heterocycles. The number of nitrogens with one attached hydrogen (secondary N) is 5. The van der Waals surface area contributed by atoms with E-state index >= 15 is 0 Å². The van der Waals surface area contributed by atoms with E-state index in [1.165, 1.54) is 19.4 Å². The number of carboxylic acids is 1. The van der Waals surface area contributed by atoms with Gasteiger partial charge in [0.1, 0.15) is 24.2 Å². The molecule has 0 aromatic carbocycles. The first-order valence-electron chi connectivity index (χ1n) is 14.7. The Kier molecular flexibility index (Phi) is 17.0. The number of carbonyl (C=O) groups is 5. The topological polar surface area (TPSA) is 299 Å². The molecule has 17 heteroatoms. The predicted octanol–water partition coefficient (Wildman–Crippen LogP) is -2.45. The number of carboxylic acid groups (broad SMARTS) is 1. The van der Waals surface area contributed by atoms with Gasteiger partial charge in [-0.2, -0.15) is 0 Å². The number of imidazole rings is 1. The molecule has 0 spiro atoms. The molecule has 17 nitrogen and oxygen atoms in total. The number of amides is 4. The van der Waals surface area contributed by atoms with Crippen LogP contribution in [0, 0.1) is 5.92 Å². The lowest BCUT2D eigenvalue weighted by Crippen LogP contribution is -2.58. The van der Waals surface area contributed by atoms with E-state index in [0.29, 0.717) is 31.5 Å². The fourth-order valence-electron chi connectivity index (χ4n) is 4.17. The number of rotatable bonds is 21. The van der Waals surface area contributed by atoms with E-state index in [4.69, 9.17) is 22.9 Å². The SMILES string of the molecule is CC(C)C[C@H](NC(=O)[C@H](C)N)C(=O)N[C@@H](CCCCN)C(=O)N[C@@H](Cc1cnc[nH]1)C(=O)N[C@@H](CCCN=C(N)N)C(=O)O. The summed E-state index contributed by atoms with van der Waals surface area (Å²) in [5.74, 6) is -3.89. The average molecular weight is 624 g/mol. The number of aliphatic carboxylic acids is 1. The summed E-state index contributed by atoms with van der Waals surface area (Å²) >= 11 is 0. The Labute approximate surface area is 257 Å². The molecule has 44 heavy (non-hydrogen) atoms. The standard InChI is InChI=1S/C27H49N11O6/c1-15(2)11-20(37-22(39)16(3)29)24(41)35-18(7-4-5-9-28)23(40)38-21(12-17-13-32-14-34-17)25(42)36-19(26(43)44)8-6-10-33-27(30)31/h13-16,18-21H,4-12,28-29H2,1-3H3,(H,32,34)(H,35,41)(H,36,42)(H,37,39)(H,38,40)(H,43,44)(H4,30,31,33)/t16-,18-,19-,20-,21-/m0/s1. The molecule has 1 rings (SSSR count). The Morgan fingerprint density at radius 2 is 1.43 bits per heavy atom. The van der Waals surface area contributed by atoms with Crippen molar-refractivity contribution in [1.29, 1.82) is 0 Å². The van der Waals surface area contributed by atoms with Crippen molar-refractivity contribution in [2.24, 2.45) is 33.8 Å². The van der Waals surface area contributed by atoms with Crippen molar-refractivity contribution < 1.29 is 29.1 Å². The highest BCUT2D eigenvalue weighted by molar-refractivity contribution is 5.95. The van der Waals surface area contributed by atoms with E-state index in [9.17, 15) is 29.1 Å². The molecule has 1 aromatic heterocycles. The van der Waals surface area contributed by atoms with E-state index in [1.807, 2.05) is 13.8 Å². The van der Waals surface area contributed by atoms with Crippen LogP contribution in [-0.4, -0.2) is 93.9 Å². The molecule has 1 heterocycles. The van der Waals surface area contributed by atoms with Gasteiger partial charge in [0, 0.05) is 24.9 Å². The summed E-state index contributed by atoms with van der Waals surface area (Å²) in [6.45, 7) is 5.80. The highest BCUT2D eigenvalue weighted by Crippen LogP contribution is 2.09. The minimum atomic E-state index is -1.27. The molecular formula is C27H49N11O6. The van der Waals surface area contributed by atoms with Crippen molar-refractivity contribution in [2.45, 2.75) is 95.9 Å². The molecule has 0 saturated carbocycles. The van der Waals surface area contributed by atoms with E-state index in [-0.39, 0.29) is 44.1 Å². The second-order valence-corrected chi connectivity index (χ2v) is 11.0.